The Kier molecular flexibility index (Phi) is 6.91. The fourth-order valence-corrected chi connectivity index (χ4v) is 4.70. The van der Waals surface area contributed by atoms with E-state index in [1.54, 1.807) is 12.1 Å². The number of anilines is 1. The predicted octanol–water partition coefficient (Wildman–Crippen LogP) is 4.85. The van der Waals surface area contributed by atoms with Crippen molar-refractivity contribution in [2.75, 3.05) is 11.1 Å². The smallest absolute Gasteiger partial charge is 0.236 e. The van der Waals surface area contributed by atoms with Crippen molar-refractivity contribution in [1.82, 2.24) is 25.0 Å². The number of rotatable bonds is 8. The lowest BCUT2D eigenvalue weighted by molar-refractivity contribution is -0.113. The number of halogens is 1. The van der Waals surface area contributed by atoms with Crippen molar-refractivity contribution in [1.29, 1.82) is 0 Å². The molecule has 0 unspecified atom stereocenters. The first kappa shape index (κ1) is 22.1. The summed E-state index contributed by atoms with van der Waals surface area (Å²) in [6.07, 6.45) is 0.828. The molecule has 0 aliphatic carbocycles. The van der Waals surface area contributed by atoms with Gasteiger partial charge in [-0.15, -0.1) is 20.4 Å². The number of carbonyl (C=O) groups excluding carboxylic acids is 1. The largest absolute Gasteiger partial charge is 0.300 e. The zero-order valence-electron chi connectivity index (χ0n) is 17.5. The Balaban J connectivity index is 1.51. The van der Waals surface area contributed by atoms with E-state index < -0.39 is 0 Å². The van der Waals surface area contributed by atoms with E-state index in [9.17, 15) is 9.18 Å². The highest BCUT2D eigenvalue weighted by Gasteiger charge is 2.18. The Morgan fingerprint density at radius 3 is 2.53 bits per heavy atom. The van der Waals surface area contributed by atoms with E-state index in [1.165, 1.54) is 35.2 Å². The molecule has 2 heterocycles. The van der Waals surface area contributed by atoms with Gasteiger partial charge in [-0.1, -0.05) is 55.1 Å². The number of para-hydroxylation sites is 1. The van der Waals surface area contributed by atoms with Gasteiger partial charge in [0.1, 0.15) is 10.8 Å². The molecule has 0 atom stereocenters. The molecule has 32 heavy (non-hydrogen) atoms. The second kappa shape index (κ2) is 10.0. The normalized spacial score (nSPS) is 11.1. The fraction of sp³-hybridized carbons (Fsp3) is 0.227. The van der Waals surface area contributed by atoms with Crippen LogP contribution >= 0.6 is 23.1 Å². The highest BCUT2D eigenvalue weighted by atomic mass is 32.2. The molecule has 0 spiro atoms. The average Bonchev–Trinajstić information content (AvgIpc) is 3.40. The minimum Gasteiger partial charge on any atom is -0.300 e. The van der Waals surface area contributed by atoms with E-state index in [0.717, 1.165) is 22.7 Å². The van der Waals surface area contributed by atoms with Gasteiger partial charge in [-0.3, -0.25) is 14.7 Å². The zero-order valence-corrected chi connectivity index (χ0v) is 19.2. The number of hydrogen-bond donors (Lipinski definition) is 1. The van der Waals surface area contributed by atoms with Crippen molar-refractivity contribution < 1.29 is 9.18 Å². The number of hydrogen-bond acceptors (Lipinski definition) is 7. The summed E-state index contributed by atoms with van der Waals surface area (Å²) in [5.74, 6) is 0.656. The van der Waals surface area contributed by atoms with Crippen molar-refractivity contribution in [2.45, 2.75) is 25.4 Å². The van der Waals surface area contributed by atoms with Gasteiger partial charge in [0, 0.05) is 17.7 Å². The first-order chi connectivity index (χ1) is 15.5. The third kappa shape index (κ3) is 5.38. The third-order valence-corrected chi connectivity index (χ3v) is 6.17. The summed E-state index contributed by atoms with van der Waals surface area (Å²) in [6, 6.07) is 15.7. The van der Waals surface area contributed by atoms with Crippen LogP contribution in [0.2, 0.25) is 0 Å². The number of nitrogens with one attached hydrogen (secondary N) is 1. The molecule has 0 aliphatic rings. The molecular formula is C22H21FN6OS2. The Morgan fingerprint density at radius 1 is 1.06 bits per heavy atom. The summed E-state index contributed by atoms with van der Waals surface area (Å²) in [5.41, 5.74) is 1.58. The van der Waals surface area contributed by atoms with Crippen LogP contribution in [0.25, 0.3) is 17.1 Å². The number of nitrogens with zero attached hydrogens (tertiary/aromatic N) is 5. The summed E-state index contributed by atoms with van der Waals surface area (Å²) < 4.78 is 15.2. The van der Waals surface area contributed by atoms with Crippen molar-refractivity contribution in [3.05, 3.63) is 65.4 Å². The maximum atomic E-state index is 13.4. The Labute approximate surface area is 193 Å². The van der Waals surface area contributed by atoms with Crippen LogP contribution in [0.4, 0.5) is 9.52 Å². The molecule has 0 aliphatic heterocycles. The van der Waals surface area contributed by atoms with E-state index in [2.05, 4.69) is 39.6 Å². The van der Waals surface area contributed by atoms with Crippen LogP contribution in [0.5, 0.6) is 0 Å². The van der Waals surface area contributed by atoms with Crippen LogP contribution < -0.4 is 5.32 Å². The maximum absolute atomic E-state index is 13.4. The van der Waals surface area contributed by atoms with E-state index >= 15 is 0 Å². The fourth-order valence-electron chi connectivity index (χ4n) is 2.98. The van der Waals surface area contributed by atoms with Crippen LogP contribution in [-0.2, 0) is 11.2 Å². The molecule has 1 amide bonds. The van der Waals surface area contributed by atoms with Crippen molar-refractivity contribution >= 4 is 34.1 Å². The molecule has 4 rings (SSSR count). The lowest BCUT2D eigenvalue weighted by Crippen LogP contribution is -2.14. The summed E-state index contributed by atoms with van der Waals surface area (Å²) in [7, 11) is 0. The van der Waals surface area contributed by atoms with Crippen LogP contribution in [0.15, 0.2) is 59.8 Å². The molecule has 7 nitrogen and oxygen atoms in total. The van der Waals surface area contributed by atoms with Gasteiger partial charge in [-0.2, -0.15) is 0 Å². The summed E-state index contributed by atoms with van der Waals surface area (Å²) >= 11 is 2.65. The summed E-state index contributed by atoms with van der Waals surface area (Å²) in [6.45, 7) is 4.22. The number of thioether (sulfide) groups is 1. The van der Waals surface area contributed by atoms with Gasteiger partial charge in [0.15, 0.2) is 11.0 Å². The van der Waals surface area contributed by atoms with Gasteiger partial charge in [0.2, 0.25) is 11.0 Å². The standard InChI is InChI=1S/C22H21FN6OS2/c1-14(2)12-19-25-27-21(32-19)24-18(30)13-31-22-28-26-20(15-8-10-16(23)11-9-15)29(22)17-6-4-3-5-7-17/h3-11,14H,12-13H2,1-2H3,(H,24,27,30). The number of benzene rings is 2. The van der Waals surface area contributed by atoms with Crippen LogP contribution in [0, 0.1) is 11.7 Å². The second-order valence-electron chi connectivity index (χ2n) is 7.42. The van der Waals surface area contributed by atoms with Crippen LogP contribution in [0.1, 0.15) is 18.9 Å². The number of amides is 1. The molecule has 0 saturated carbocycles. The van der Waals surface area contributed by atoms with E-state index in [4.69, 9.17) is 0 Å². The molecule has 0 saturated heterocycles. The summed E-state index contributed by atoms with van der Waals surface area (Å²) in [5, 5.41) is 21.5. The predicted molar refractivity (Wildman–Crippen MR) is 125 cm³/mol. The Bertz CT molecular complexity index is 1190. The molecule has 2 aromatic carbocycles. The quantitative estimate of drug-likeness (QED) is 0.372. The van der Waals surface area contributed by atoms with Gasteiger partial charge >= 0.3 is 0 Å². The molecule has 0 radical (unpaired) electrons. The maximum Gasteiger partial charge on any atom is 0.236 e. The van der Waals surface area contributed by atoms with Crippen LogP contribution in [-0.4, -0.2) is 36.6 Å². The molecule has 10 heteroatoms. The van der Waals surface area contributed by atoms with Gasteiger partial charge < -0.3 is 0 Å². The van der Waals surface area contributed by atoms with Crippen molar-refractivity contribution in [3.63, 3.8) is 0 Å². The second-order valence-corrected chi connectivity index (χ2v) is 9.42. The number of carbonyl (C=O) groups is 1. The minimum absolute atomic E-state index is 0.132. The molecule has 164 valence electrons. The lowest BCUT2D eigenvalue weighted by Gasteiger charge is -2.10. The van der Waals surface area contributed by atoms with Crippen molar-refractivity contribution in [3.8, 4) is 17.1 Å². The van der Waals surface area contributed by atoms with Crippen LogP contribution in [0.3, 0.4) is 0 Å². The molecular weight excluding hydrogens is 447 g/mol. The van der Waals surface area contributed by atoms with Gasteiger partial charge in [-0.05, 0) is 42.3 Å². The lowest BCUT2D eigenvalue weighted by atomic mass is 10.1. The third-order valence-electron chi connectivity index (χ3n) is 4.38. The first-order valence-electron chi connectivity index (χ1n) is 10.0. The topological polar surface area (TPSA) is 85.6 Å². The first-order valence-corrected chi connectivity index (χ1v) is 11.8. The van der Waals surface area contributed by atoms with E-state index in [0.29, 0.717) is 22.0 Å². The zero-order chi connectivity index (χ0) is 22.5. The highest BCUT2D eigenvalue weighted by molar-refractivity contribution is 7.99. The number of aromatic nitrogens is 5. The highest BCUT2D eigenvalue weighted by Crippen LogP contribution is 2.28. The molecule has 4 aromatic rings. The minimum atomic E-state index is -0.320. The monoisotopic (exact) mass is 468 g/mol. The van der Waals surface area contributed by atoms with Gasteiger partial charge in [-0.25, -0.2) is 4.39 Å². The molecule has 2 aromatic heterocycles. The SMILES string of the molecule is CC(C)Cc1nnc(NC(=O)CSc2nnc(-c3ccc(F)cc3)n2-c2ccccc2)s1. The Hall–Kier alpha value is -3.11. The van der Waals surface area contributed by atoms with Gasteiger partial charge in [0.25, 0.3) is 0 Å². The van der Waals surface area contributed by atoms with Crippen molar-refractivity contribution in [2.24, 2.45) is 5.92 Å². The Morgan fingerprint density at radius 2 is 1.81 bits per heavy atom. The molecule has 1 N–H and O–H groups in total. The van der Waals surface area contributed by atoms with E-state index in [1.807, 2.05) is 34.9 Å². The molecule has 0 bridgehead atoms. The van der Waals surface area contributed by atoms with E-state index in [-0.39, 0.29) is 17.5 Å². The molecule has 0 fully saturated rings. The van der Waals surface area contributed by atoms with Gasteiger partial charge in [0.05, 0.1) is 5.75 Å². The average molecular weight is 469 g/mol. The summed E-state index contributed by atoms with van der Waals surface area (Å²) in [4.78, 5) is 12.5.